The molecule has 1 amide bonds. The van der Waals surface area contributed by atoms with Crippen molar-refractivity contribution < 1.29 is 19.0 Å². The summed E-state index contributed by atoms with van der Waals surface area (Å²) in [6.45, 7) is 1.50. The number of hydrogen-bond donors (Lipinski definition) is 1. The zero-order valence-corrected chi connectivity index (χ0v) is 19.6. The molecule has 0 aliphatic carbocycles. The first-order chi connectivity index (χ1) is 16.6. The lowest BCUT2D eigenvalue weighted by Gasteiger charge is -2.18. The number of carbonyl (C=O) groups is 1. The third-order valence-electron chi connectivity index (χ3n) is 5.97. The van der Waals surface area contributed by atoms with Gasteiger partial charge in [0.05, 0.1) is 19.8 Å². The van der Waals surface area contributed by atoms with Crippen LogP contribution in [0.15, 0.2) is 60.4 Å². The Kier molecular flexibility index (Phi) is 6.42. The third kappa shape index (κ3) is 4.60. The number of nitrogens with zero attached hydrogens (tertiary/aromatic N) is 2. The Labute approximate surface area is 203 Å². The van der Waals surface area contributed by atoms with E-state index >= 15 is 0 Å². The first-order valence-corrected chi connectivity index (χ1v) is 11.6. The fraction of sp³-hybridized carbons (Fsp3) is 0.269. The van der Waals surface area contributed by atoms with Crippen molar-refractivity contribution in [3.63, 3.8) is 0 Å². The van der Waals surface area contributed by atoms with Gasteiger partial charge in [0.25, 0.3) is 5.91 Å². The van der Waals surface area contributed by atoms with Crippen LogP contribution >= 0.6 is 12.2 Å². The van der Waals surface area contributed by atoms with Crippen LogP contribution in [-0.4, -0.2) is 47.3 Å². The highest BCUT2D eigenvalue weighted by Gasteiger charge is 2.33. The van der Waals surface area contributed by atoms with Gasteiger partial charge in [0.1, 0.15) is 29.3 Å². The first-order valence-electron chi connectivity index (χ1n) is 11.2. The molecule has 2 saturated heterocycles. The summed E-state index contributed by atoms with van der Waals surface area (Å²) in [5, 5.41) is 4.47. The number of amides is 1. The third-order valence-corrected chi connectivity index (χ3v) is 6.29. The summed E-state index contributed by atoms with van der Waals surface area (Å²) in [7, 11) is 1.62. The van der Waals surface area contributed by atoms with Gasteiger partial charge in [0, 0.05) is 23.8 Å². The van der Waals surface area contributed by atoms with Gasteiger partial charge < -0.3 is 19.5 Å². The molecule has 0 bridgehead atoms. The maximum absolute atomic E-state index is 12.9. The van der Waals surface area contributed by atoms with Gasteiger partial charge in [-0.1, -0.05) is 24.3 Å². The molecule has 174 valence electrons. The van der Waals surface area contributed by atoms with Crippen molar-refractivity contribution in [2.45, 2.75) is 25.6 Å². The van der Waals surface area contributed by atoms with Gasteiger partial charge in [-0.25, -0.2) is 0 Å². The van der Waals surface area contributed by atoms with Crippen LogP contribution in [0.2, 0.25) is 0 Å². The molecule has 0 radical (unpaired) electrons. The Bertz CT molecular complexity index is 1260. The summed E-state index contributed by atoms with van der Waals surface area (Å²) >= 11 is 5.40. The van der Waals surface area contributed by atoms with Crippen LogP contribution in [-0.2, 0) is 16.1 Å². The molecule has 1 atom stereocenters. The van der Waals surface area contributed by atoms with E-state index in [0.29, 0.717) is 35.5 Å². The van der Waals surface area contributed by atoms with Crippen molar-refractivity contribution in [1.29, 1.82) is 0 Å². The lowest BCUT2D eigenvalue weighted by Crippen LogP contribution is -2.37. The van der Waals surface area contributed by atoms with Gasteiger partial charge in [-0.2, -0.15) is 0 Å². The van der Waals surface area contributed by atoms with E-state index in [1.165, 1.54) is 0 Å². The van der Waals surface area contributed by atoms with Crippen molar-refractivity contribution in [3.8, 4) is 11.5 Å². The Balaban J connectivity index is 1.35. The lowest BCUT2D eigenvalue weighted by atomic mass is 10.1. The quantitative estimate of drug-likeness (QED) is 0.408. The Hall–Kier alpha value is -3.49. The standard InChI is InChI=1S/C26H25N3O4S/c1-31-22-10-9-17(14-21-25(30)29(26(34)28-21)15-20-7-4-12-32-20)13-19(22)16-33-23-8-2-5-18-6-3-11-27-24(18)23/h2-3,5-6,8-11,13-14,20H,4,7,12,15-16H2,1H3,(H,28,34)/b21-14+. The molecule has 3 heterocycles. The number of hydrogen-bond acceptors (Lipinski definition) is 6. The van der Waals surface area contributed by atoms with Crippen molar-refractivity contribution in [1.82, 2.24) is 15.2 Å². The molecule has 2 aliphatic rings. The fourth-order valence-corrected chi connectivity index (χ4v) is 4.51. The molecule has 2 fully saturated rings. The van der Waals surface area contributed by atoms with Gasteiger partial charge in [-0.15, -0.1) is 0 Å². The summed E-state index contributed by atoms with van der Waals surface area (Å²) < 4.78 is 17.3. The van der Waals surface area contributed by atoms with Gasteiger partial charge in [-0.05, 0) is 61.0 Å². The highest BCUT2D eigenvalue weighted by atomic mass is 32.1. The molecule has 0 saturated carbocycles. The maximum Gasteiger partial charge on any atom is 0.276 e. The number of carbonyl (C=O) groups excluding carboxylic acids is 1. The fourth-order valence-electron chi connectivity index (χ4n) is 4.25. The van der Waals surface area contributed by atoms with E-state index in [-0.39, 0.29) is 12.0 Å². The van der Waals surface area contributed by atoms with Crippen molar-refractivity contribution in [3.05, 3.63) is 71.6 Å². The minimum absolute atomic E-state index is 0.0383. The normalized spacial score (nSPS) is 19.1. The molecule has 2 aromatic carbocycles. The molecular weight excluding hydrogens is 450 g/mol. The number of nitrogens with one attached hydrogen (secondary N) is 1. The van der Waals surface area contributed by atoms with Crippen LogP contribution in [0.4, 0.5) is 0 Å². The predicted octanol–water partition coefficient (Wildman–Crippen LogP) is 4.06. The van der Waals surface area contributed by atoms with E-state index in [0.717, 1.165) is 41.5 Å². The summed E-state index contributed by atoms with van der Waals surface area (Å²) in [5.74, 6) is 1.26. The number of ether oxygens (including phenoxy) is 3. The molecule has 0 spiro atoms. The second kappa shape index (κ2) is 9.79. The zero-order chi connectivity index (χ0) is 23.5. The molecule has 7 nitrogen and oxygen atoms in total. The van der Waals surface area contributed by atoms with E-state index in [1.54, 1.807) is 24.3 Å². The van der Waals surface area contributed by atoms with Crippen LogP contribution < -0.4 is 14.8 Å². The van der Waals surface area contributed by atoms with Crippen LogP contribution in [0.1, 0.15) is 24.0 Å². The van der Waals surface area contributed by atoms with Crippen LogP contribution in [0.25, 0.3) is 17.0 Å². The average Bonchev–Trinajstić information content (AvgIpc) is 3.47. The summed E-state index contributed by atoms with van der Waals surface area (Å²) in [5.41, 5.74) is 2.95. The number of thiocarbonyl (C=S) groups is 1. The summed E-state index contributed by atoms with van der Waals surface area (Å²) in [6, 6.07) is 15.5. The van der Waals surface area contributed by atoms with E-state index in [4.69, 9.17) is 26.4 Å². The topological polar surface area (TPSA) is 72.9 Å². The molecule has 3 aromatic rings. The number of pyridine rings is 1. The number of aromatic nitrogens is 1. The van der Waals surface area contributed by atoms with Crippen molar-refractivity contribution >= 4 is 40.2 Å². The van der Waals surface area contributed by atoms with Crippen LogP contribution in [0.5, 0.6) is 11.5 Å². The van der Waals surface area contributed by atoms with Crippen LogP contribution in [0, 0.1) is 0 Å². The highest BCUT2D eigenvalue weighted by Crippen LogP contribution is 2.27. The Morgan fingerprint density at radius 2 is 2.12 bits per heavy atom. The summed E-state index contributed by atoms with van der Waals surface area (Å²) in [4.78, 5) is 19.0. The van der Waals surface area contributed by atoms with Gasteiger partial charge in [-0.3, -0.25) is 14.7 Å². The van der Waals surface area contributed by atoms with E-state index < -0.39 is 0 Å². The maximum atomic E-state index is 12.9. The number of para-hydroxylation sites is 1. The molecule has 5 rings (SSSR count). The van der Waals surface area contributed by atoms with Gasteiger partial charge in [0.15, 0.2) is 5.11 Å². The zero-order valence-electron chi connectivity index (χ0n) is 18.8. The minimum Gasteiger partial charge on any atom is -0.496 e. The smallest absolute Gasteiger partial charge is 0.276 e. The van der Waals surface area contributed by atoms with Crippen LogP contribution in [0.3, 0.4) is 0 Å². The first kappa shape index (κ1) is 22.3. The molecule has 1 N–H and O–H groups in total. The number of methoxy groups -OCH3 is 1. The van der Waals surface area contributed by atoms with Gasteiger partial charge in [0.2, 0.25) is 0 Å². The molecule has 2 aliphatic heterocycles. The Morgan fingerprint density at radius 1 is 1.24 bits per heavy atom. The highest BCUT2D eigenvalue weighted by molar-refractivity contribution is 7.80. The second-order valence-corrected chi connectivity index (χ2v) is 8.62. The summed E-state index contributed by atoms with van der Waals surface area (Å²) in [6.07, 6.45) is 5.55. The van der Waals surface area contributed by atoms with Crippen molar-refractivity contribution in [2.75, 3.05) is 20.3 Å². The largest absolute Gasteiger partial charge is 0.496 e. The SMILES string of the molecule is COc1ccc(/C=C2/NC(=S)N(CC3CCCO3)C2=O)cc1COc1cccc2cccnc12. The van der Waals surface area contributed by atoms with E-state index in [2.05, 4.69) is 10.3 Å². The molecule has 1 aromatic heterocycles. The average molecular weight is 476 g/mol. The Morgan fingerprint density at radius 3 is 2.94 bits per heavy atom. The second-order valence-electron chi connectivity index (χ2n) is 8.23. The number of fused-ring (bicyclic) bond motifs is 1. The molecule has 34 heavy (non-hydrogen) atoms. The molecule has 8 heteroatoms. The predicted molar refractivity (Wildman–Crippen MR) is 133 cm³/mol. The number of benzene rings is 2. The van der Waals surface area contributed by atoms with Crippen molar-refractivity contribution in [2.24, 2.45) is 0 Å². The minimum atomic E-state index is -0.143. The monoisotopic (exact) mass is 475 g/mol. The lowest BCUT2D eigenvalue weighted by molar-refractivity contribution is -0.123. The van der Waals surface area contributed by atoms with E-state index in [1.807, 2.05) is 48.5 Å². The van der Waals surface area contributed by atoms with Gasteiger partial charge >= 0.3 is 0 Å². The number of rotatable bonds is 7. The van der Waals surface area contributed by atoms with E-state index in [9.17, 15) is 4.79 Å². The molecular formula is C26H25N3O4S. The molecule has 1 unspecified atom stereocenters.